The van der Waals surface area contributed by atoms with E-state index >= 15 is 0 Å². The van der Waals surface area contributed by atoms with Gasteiger partial charge in [0.1, 0.15) is 16.8 Å². The molecule has 3 heterocycles. The molecule has 2 atom stereocenters. The van der Waals surface area contributed by atoms with E-state index in [2.05, 4.69) is 15.6 Å². The number of benzene rings is 1. The molecule has 1 saturated heterocycles. The zero-order valence-electron chi connectivity index (χ0n) is 15.0. The number of hydrogen-bond donors (Lipinski definition) is 1. The molecule has 4 rings (SSSR count). The maximum Gasteiger partial charge on any atom is 0.238 e. The molecule has 0 saturated carbocycles. The highest BCUT2D eigenvalue weighted by Gasteiger charge is 2.39. The van der Waals surface area contributed by atoms with E-state index in [1.807, 2.05) is 40.8 Å². The van der Waals surface area contributed by atoms with Gasteiger partial charge in [-0.1, -0.05) is 23.9 Å². The monoisotopic (exact) mass is 373 g/mol. The van der Waals surface area contributed by atoms with Gasteiger partial charge in [0.2, 0.25) is 11.1 Å². The maximum atomic E-state index is 13.3. The molecular formula is C18H23N5O2S. The smallest absolute Gasteiger partial charge is 0.238 e. The summed E-state index contributed by atoms with van der Waals surface area (Å²) in [6, 6.07) is 7.73. The Labute approximate surface area is 157 Å². The normalized spacial score (nSPS) is 22.5. The summed E-state index contributed by atoms with van der Waals surface area (Å²) in [5.74, 6) is 1.77. The Morgan fingerprint density at radius 3 is 2.62 bits per heavy atom. The van der Waals surface area contributed by atoms with E-state index in [0.29, 0.717) is 0 Å². The van der Waals surface area contributed by atoms with Crippen LogP contribution in [0.1, 0.15) is 36.7 Å². The first-order chi connectivity index (χ1) is 12.7. The first-order valence-electron chi connectivity index (χ1n) is 8.95. The molecule has 2 aliphatic heterocycles. The van der Waals surface area contributed by atoms with Gasteiger partial charge >= 0.3 is 0 Å². The van der Waals surface area contributed by atoms with Crippen LogP contribution in [0, 0.1) is 6.92 Å². The number of likely N-dealkylation sites (tertiary alicyclic amines) is 1. The molecule has 0 radical (unpaired) electrons. The Morgan fingerprint density at radius 1 is 1.19 bits per heavy atom. The molecule has 0 spiro atoms. The van der Waals surface area contributed by atoms with Crippen LogP contribution >= 0.6 is 11.8 Å². The van der Waals surface area contributed by atoms with Gasteiger partial charge in [0.15, 0.2) is 0 Å². The fourth-order valence-corrected chi connectivity index (χ4v) is 4.71. The maximum absolute atomic E-state index is 13.3. The number of carbonyl (C=O) groups is 1. The third-order valence-corrected chi connectivity index (χ3v) is 6.19. The quantitative estimate of drug-likeness (QED) is 0.891. The van der Waals surface area contributed by atoms with E-state index in [9.17, 15) is 4.79 Å². The lowest BCUT2D eigenvalue weighted by Gasteiger charge is -2.37. The van der Waals surface area contributed by atoms with Crippen LogP contribution in [-0.2, 0) is 4.79 Å². The van der Waals surface area contributed by atoms with Crippen molar-refractivity contribution in [1.29, 1.82) is 0 Å². The Bertz CT molecular complexity index is 785. The highest BCUT2D eigenvalue weighted by Crippen LogP contribution is 2.38. The third kappa shape index (κ3) is 3.13. The number of piperidine rings is 1. The average molecular weight is 373 g/mol. The Balaban J connectivity index is 1.66. The molecule has 7 nitrogen and oxygen atoms in total. The van der Waals surface area contributed by atoms with Gasteiger partial charge in [-0.25, -0.2) is 4.68 Å². The molecule has 1 aromatic heterocycles. The second-order valence-corrected chi connectivity index (χ2v) is 7.78. The third-order valence-electron chi connectivity index (χ3n) is 4.98. The van der Waals surface area contributed by atoms with E-state index < -0.39 is 0 Å². The molecule has 2 aliphatic rings. The molecule has 1 fully saturated rings. The van der Waals surface area contributed by atoms with Crippen LogP contribution < -0.4 is 10.2 Å². The van der Waals surface area contributed by atoms with Gasteiger partial charge in [-0.15, -0.1) is 10.2 Å². The van der Waals surface area contributed by atoms with Crippen molar-refractivity contribution in [2.24, 2.45) is 0 Å². The van der Waals surface area contributed by atoms with Gasteiger partial charge in [0.05, 0.1) is 13.2 Å². The number of nitrogens with zero attached hydrogens (tertiary/aromatic N) is 4. The predicted octanol–water partition coefficient (Wildman–Crippen LogP) is 2.37. The zero-order valence-corrected chi connectivity index (χ0v) is 15.8. The van der Waals surface area contributed by atoms with Crippen molar-refractivity contribution < 1.29 is 9.53 Å². The fraction of sp³-hybridized carbons (Fsp3) is 0.500. The molecule has 0 unspecified atom stereocenters. The molecule has 1 N–H and O–H groups in total. The van der Waals surface area contributed by atoms with Crippen LogP contribution in [0.15, 0.2) is 29.4 Å². The number of aryl methyl sites for hydroxylation is 1. The van der Waals surface area contributed by atoms with Gasteiger partial charge in [-0.05, 0) is 43.9 Å². The standard InChI is InChI=1S/C18H23N5O2S/c1-12-19-20-18-23(12)21-15(13-6-8-14(25-2)9-7-13)16(26-18)17(24)22-10-4-3-5-11-22/h6-9,15-16,21H,3-5,10-11H2,1-2H3/t15-,16-/m1/s1. The summed E-state index contributed by atoms with van der Waals surface area (Å²) in [4.78, 5) is 15.3. The SMILES string of the molecule is COc1ccc([C@H]2Nn3c(C)nnc3S[C@H]2C(=O)N2CCCCC2)cc1. The van der Waals surface area contributed by atoms with E-state index in [1.54, 1.807) is 7.11 Å². The molecule has 1 amide bonds. The molecular weight excluding hydrogens is 350 g/mol. The summed E-state index contributed by atoms with van der Waals surface area (Å²) in [5.41, 5.74) is 4.50. The zero-order chi connectivity index (χ0) is 18.1. The first kappa shape index (κ1) is 17.2. The highest BCUT2D eigenvalue weighted by atomic mass is 32.2. The highest BCUT2D eigenvalue weighted by molar-refractivity contribution is 8.00. The van der Waals surface area contributed by atoms with Crippen LogP contribution in [0.5, 0.6) is 5.75 Å². The second-order valence-electron chi connectivity index (χ2n) is 6.67. The summed E-state index contributed by atoms with van der Waals surface area (Å²) < 4.78 is 7.14. The molecule has 1 aromatic carbocycles. The van der Waals surface area contributed by atoms with Gasteiger partial charge in [0, 0.05) is 13.1 Å². The number of fused-ring (bicyclic) bond motifs is 1. The molecule has 0 bridgehead atoms. The van der Waals surface area contributed by atoms with Crippen molar-refractivity contribution in [3.05, 3.63) is 35.7 Å². The second kappa shape index (κ2) is 7.19. The Kier molecular flexibility index (Phi) is 4.76. The van der Waals surface area contributed by atoms with Crippen molar-refractivity contribution in [2.75, 3.05) is 25.6 Å². The van der Waals surface area contributed by atoms with Crippen molar-refractivity contribution in [3.63, 3.8) is 0 Å². The molecule has 8 heteroatoms. The lowest BCUT2D eigenvalue weighted by atomic mass is 10.0. The number of rotatable bonds is 3. The first-order valence-corrected chi connectivity index (χ1v) is 9.83. The van der Waals surface area contributed by atoms with Gasteiger partial charge in [0.25, 0.3) is 0 Å². The van der Waals surface area contributed by atoms with Crippen LogP contribution in [0.4, 0.5) is 0 Å². The molecule has 26 heavy (non-hydrogen) atoms. The average Bonchev–Trinajstić information content (AvgIpc) is 3.07. The van der Waals surface area contributed by atoms with Crippen molar-refractivity contribution in [2.45, 2.75) is 42.6 Å². The van der Waals surface area contributed by atoms with E-state index in [4.69, 9.17) is 4.74 Å². The Hall–Kier alpha value is -2.22. The summed E-state index contributed by atoms with van der Waals surface area (Å²) in [5, 5.41) is 8.83. The summed E-state index contributed by atoms with van der Waals surface area (Å²) in [7, 11) is 1.65. The minimum Gasteiger partial charge on any atom is -0.497 e. The van der Waals surface area contributed by atoms with Crippen molar-refractivity contribution >= 4 is 17.7 Å². The molecule has 2 aromatic rings. The number of carbonyl (C=O) groups excluding carboxylic acids is 1. The largest absolute Gasteiger partial charge is 0.497 e. The number of amides is 1. The lowest BCUT2D eigenvalue weighted by Crippen LogP contribution is -2.47. The van der Waals surface area contributed by atoms with E-state index in [0.717, 1.165) is 48.2 Å². The lowest BCUT2D eigenvalue weighted by molar-refractivity contribution is -0.131. The summed E-state index contributed by atoms with van der Waals surface area (Å²) >= 11 is 1.50. The number of hydrogen-bond acceptors (Lipinski definition) is 6. The number of thioether (sulfide) groups is 1. The van der Waals surface area contributed by atoms with Gasteiger partial charge < -0.3 is 15.1 Å². The molecule has 138 valence electrons. The van der Waals surface area contributed by atoms with Crippen LogP contribution in [0.25, 0.3) is 0 Å². The van der Waals surface area contributed by atoms with E-state index in [1.165, 1.54) is 18.2 Å². The van der Waals surface area contributed by atoms with Gasteiger partial charge in [-0.3, -0.25) is 4.79 Å². The van der Waals surface area contributed by atoms with Gasteiger partial charge in [-0.2, -0.15) is 0 Å². The fourth-order valence-electron chi connectivity index (χ4n) is 3.50. The van der Waals surface area contributed by atoms with Crippen LogP contribution in [-0.4, -0.2) is 51.1 Å². The van der Waals surface area contributed by atoms with Crippen molar-refractivity contribution in [1.82, 2.24) is 19.8 Å². The molecule has 0 aliphatic carbocycles. The van der Waals surface area contributed by atoms with E-state index in [-0.39, 0.29) is 17.2 Å². The number of nitrogens with one attached hydrogen (secondary N) is 1. The predicted molar refractivity (Wildman–Crippen MR) is 99.9 cm³/mol. The minimum absolute atomic E-state index is 0.150. The van der Waals surface area contributed by atoms with Crippen LogP contribution in [0.3, 0.4) is 0 Å². The topological polar surface area (TPSA) is 72.3 Å². The Morgan fingerprint density at radius 2 is 1.92 bits per heavy atom. The summed E-state index contributed by atoms with van der Waals surface area (Å²) in [6.45, 7) is 3.59. The number of methoxy groups -OCH3 is 1. The minimum atomic E-state index is -0.266. The number of aromatic nitrogens is 3. The van der Waals surface area contributed by atoms with Crippen LogP contribution in [0.2, 0.25) is 0 Å². The summed E-state index contributed by atoms with van der Waals surface area (Å²) in [6.07, 6.45) is 3.37. The number of ether oxygens (including phenoxy) is 1. The van der Waals surface area contributed by atoms with Crippen molar-refractivity contribution in [3.8, 4) is 5.75 Å².